The fraction of sp³-hybridized carbons (Fsp3) is 0.579. The molecular formula is C19H26BN3O4. The lowest BCUT2D eigenvalue weighted by molar-refractivity contribution is -0.119. The van der Waals surface area contributed by atoms with Crippen molar-refractivity contribution in [1.29, 1.82) is 0 Å². The van der Waals surface area contributed by atoms with E-state index in [0.717, 1.165) is 23.0 Å². The van der Waals surface area contributed by atoms with Gasteiger partial charge in [0.05, 0.1) is 17.7 Å². The quantitative estimate of drug-likeness (QED) is 0.775. The molecule has 3 heterocycles. The minimum absolute atomic E-state index is 0.124. The lowest BCUT2D eigenvalue weighted by Crippen LogP contribution is -2.41. The molecule has 2 saturated heterocycles. The average molecular weight is 371 g/mol. The van der Waals surface area contributed by atoms with E-state index in [0.29, 0.717) is 25.4 Å². The molecule has 0 aliphatic carbocycles. The summed E-state index contributed by atoms with van der Waals surface area (Å²) in [5, 5.41) is 6.23. The highest BCUT2D eigenvalue weighted by atomic mass is 16.7. The molecule has 1 aromatic heterocycles. The van der Waals surface area contributed by atoms with Gasteiger partial charge < -0.3 is 24.4 Å². The Morgan fingerprint density at radius 2 is 2.00 bits per heavy atom. The first kappa shape index (κ1) is 18.5. The third-order valence-corrected chi connectivity index (χ3v) is 5.73. The number of carbonyl (C=O) groups is 1. The van der Waals surface area contributed by atoms with Crippen LogP contribution in [0.3, 0.4) is 0 Å². The SMILES string of the molecule is CC1(C)OB(c2ccc3oc(CNCC4CCC(=O)N4)nc3c2)OC1(C)C. The molecule has 0 spiro atoms. The number of fused-ring (bicyclic) bond motifs is 1. The maximum Gasteiger partial charge on any atom is 0.494 e. The Kier molecular flexibility index (Phi) is 4.52. The number of nitrogens with one attached hydrogen (secondary N) is 2. The van der Waals surface area contributed by atoms with Crippen LogP contribution >= 0.6 is 0 Å². The zero-order valence-electron chi connectivity index (χ0n) is 16.3. The molecule has 27 heavy (non-hydrogen) atoms. The third kappa shape index (κ3) is 3.61. The highest BCUT2D eigenvalue weighted by Crippen LogP contribution is 2.36. The lowest BCUT2D eigenvalue weighted by Gasteiger charge is -2.32. The molecule has 1 aromatic carbocycles. The van der Waals surface area contributed by atoms with E-state index in [1.165, 1.54) is 0 Å². The number of nitrogens with zero attached hydrogens (tertiary/aromatic N) is 1. The number of hydrogen-bond donors (Lipinski definition) is 2. The molecule has 2 fully saturated rings. The Bertz CT molecular complexity index is 848. The van der Waals surface area contributed by atoms with Crippen molar-refractivity contribution in [2.45, 2.75) is 64.3 Å². The third-order valence-electron chi connectivity index (χ3n) is 5.73. The number of oxazole rings is 1. The number of carbonyl (C=O) groups excluding carboxylic acids is 1. The molecule has 0 bridgehead atoms. The van der Waals surface area contributed by atoms with E-state index in [-0.39, 0.29) is 23.2 Å². The summed E-state index contributed by atoms with van der Waals surface area (Å²) < 4.78 is 18.0. The van der Waals surface area contributed by atoms with Gasteiger partial charge in [0.25, 0.3) is 0 Å². The van der Waals surface area contributed by atoms with Crippen LogP contribution in [0.1, 0.15) is 46.4 Å². The second-order valence-corrected chi connectivity index (χ2v) is 8.36. The monoisotopic (exact) mass is 371 g/mol. The van der Waals surface area contributed by atoms with Gasteiger partial charge in [0.2, 0.25) is 11.8 Å². The van der Waals surface area contributed by atoms with Gasteiger partial charge in [-0.15, -0.1) is 0 Å². The molecule has 1 unspecified atom stereocenters. The van der Waals surface area contributed by atoms with E-state index < -0.39 is 7.12 Å². The summed E-state index contributed by atoms with van der Waals surface area (Å²) in [7, 11) is -0.413. The molecule has 2 aromatic rings. The van der Waals surface area contributed by atoms with Crippen molar-refractivity contribution in [3.05, 3.63) is 24.1 Å². The highest BCUT2D eigenvalue weighted by molar-refractivity contribution is 6.62. The molecule has 1 atom stereocenters. The van der Waals surface area contributed by atoms with Crippen LogP contribution in [0.25, 0.3) is 11.1 Å². The van der Waals surface area contributed by atoms with Crippen LogP contribution in [0.15, 0.2) is 22.6 Å². The Morgan fingerprint density at radius 3 is 2.67 bits per heavy atom. The summed E-state index contributed by atoms with van der Waals surface area (Å²) >= 11 is 0. The van der Waals surface area contributed by atoms with Gasteiger partial charge in [-0.3, -0.25) is 4.79 Å². The van der Waals surface area contributed by atoms with Gasteiger partial charge in [0.1, 0.15) is 5.52 Å². The molecule has 7 nitrogen and oxygen atoms in total. The summed E-state index contributed by atoms with van der Waals surface area (Å²) in [5.74, 6) is 0.749. The Morgan fingerprint density at radius 1 is 1.26 bits per heavy atom. The minimum Gasteiger partial charge on any atom is -0.439 e. The van der Waals surface area contributed by atoms with Crippen molar-refractivity contribution in [3.63, 3.8) is 0 Å². The molecule has 8 heteroatoms. The molecule has 0 radical (unpaired) electrons. The smallest absolute Gasteiger partial charge is 0.439 e. The standard InChI is InChI=1S/C19H26BN3O4/c1-18(2)19(3,4)27-20(26-18)12-5-7-15-14(9-12)23-17(25-15)11-21-10-13-6-8-16(24)22-13/h5,7,9,13,21H,6,8,10-11H2,1-4H3,(H,22,24). The Labute approximate surface area is 159 Å². The van der Waals surface area contributed by atoms with Gasteiger partial charge in [-0.25, -0.2) is 4.98 Å². The zero-order valence-corrected chi connectivity index (χ0v) is 16.3. The van der Waals surface area contributed by atoms with E-state index in [1.54, 1.807) is 0 Å². The molecule has 0 saturated carbocycles. The van der Waals surface area contributed by atoms with E-state index in [2.05, 4.69) is 15.6 Å². The van der Waals surface area contributed by atoms with Crippen LogP contribution < -0.4 is 16.1 Å². The van der Waals surface area contributed by atoms with Crippen molar-refractivity contribution in [2.75, 3.05) is 6.54 Å². The van der Waals surface area contributed by atoms with Gasteiger partial charge in [-0.2, -0.15) is 0 Å². The number of aromatic nitrogens is 1. The first-order valence-electron chi connectivity index (χ1n) is 9.49. The van der Waals surface area contributed by atoms with E-state index in [9.17, 15) is 4.79 Å². The molecule has 2 aliphatic rings. The van der Waals surface area contributed by atoms with Gasteiger partial charge in [-0.05, 0) is 51.7 Å². The van der Waals surface area contributed by atoms with Gasteiger partial charge in [-0.1, -0.05) is 6.07 Å². The molecular weight excluding hydrogens is 345 g/mol. The van der Waals surface area contributed by atoms with Crippen LogP contribution in [0.2, 0.25) is 0 Å². The Hall–Kier alpha value is -1.90. The molecule has 2 aliphatic heterocycles. The summed E-state index contributed by atoms with van der Waals surface area (Å²) in [6, 6.07) is 6.02. The Balaban J connectivity index is 1.42. The number of benzene rings is 1. The van der Waals surface area contributed by atoms with Crippen molar-refractivity contribution < 1.29 is 18.5 Å². The maximum absolute atomic E-state index is 11.2. The molecule has 144 valence electrons. The van der Waals surface area contributed by atoms with Crippen LogP contribution in [0.4, 0.5) is 0 Å². The molecule has 4 rings (SSSR count). The van der Waals surface area contributed by atoms with E-state index in [4.69, 9.17) is 13.7 Å². The fourth-order valence-corrected chi connectivity index (χ4v) is 3.38. The van der Waals surface area contributed by atoms with Crippen molar-refractivity contribution >= 4 is 29.6 Å². The predicted molar refractivity (Wildman–Crippen MR) is 103 cm³/mol. The average Bonchev–Trinajstić information content (AvgIpc) is 3.23. The molecule has 2 N–H and O–H groups in total. The van der Waals surface area contributed by atoms with Crippen LogP contribution in [0, 0.1) is 0 Å². The first-order chi connectivity index (χ1) is 12.7. The highest BCUT2D eigenvalue weighted by Gasteiger charge is 2.51. The number of hydrogen-bond acceptors (Lipinski definition) is 6. The van der Waals surface area contributed by atoms with Crippen LogP contribution in [0.5, 0.6) is 0 Å². The van der Waals surface area contributed by atoms with E-state index >= 15 is 0 Å². The first-order valence-corrected chi connectivity index (χ1v) is 9.49. The van der Waals surface area contributed by atoms with Gasteiger partial charge >= 0.3 is 7.12 Å². The fourth-order valence-electron chi connectivity index (χ4n) is 3.38. The minimum atomic E-state index is -0.413. The number of rotatable bonds is 5. The van der Waals surface area contributed by atoms with Crippen LogP contribution in [-0.4, -0.2) is 41.8 Å². The van der Waals surface area contributed by atoms with Crippen molar-refractivity contribution in [1.82, 2.24) is 15.6 Å². The van der Waals surface area contributed by atoms with Gasteiger partial charge in [0, 0.05) is 19.0 Å². The van der Waals surface area contributed by atoms with E-state index in [1.807, 2.05) is 45.9 Å². The second kappa shape index (κ2) is 6.62. The topological polar surface area (TPSA) is 85.6 Å². The largest absolute Gasteiger partial charge is 0.494 e. The maximum atomic E-state index is 11.2. The zero-order chi connectivity index (χ0) is 19.2. The lowest BCUT2D eigenvalue weighted by atomic mass is 9.79. The van der Waals surface area contributed by atoms with Gasteiger partial charge in [0.15, 0.2) is 5.58 Å². The summed E-state index contributed by atoms with van der Waals surface area (Å²) in [5.41, 5.74) is 1.71. The predicted octanol–water partition coefficient (Wildman–Crippen LogP) is 1.50. The second-order valence-electron chi connectivity index (χ2n) is 8.36. The normalized spacial score (nSPS) is 23.9. The summed E-state index contributed by atoms with van der Waals surface area (Å²) in [4.78, 5) is 15.8. The summed E-state index contributed by atoms with van der Waals surface area (Å²) in [6.07, 6.45) is 1.48. The number of amides is 1. The summed E-state index contributed by atoms with van der Waals surface area (Å²) in [6.45, 7) is 9.39. The van der Waals surface area contributed by atoms with Crippen LogP contribution in [-0.2, 0) is 20.6 Å². The molecule has 1 amide bonds. The van der Waals surface area contributed by atoms with Crippen molar-refractivity contribution in [3.8, 4) is 0 Å². The van der Waals surface area contributed by atoms with Crippen molar-refractivity contribution in [2.24, 2.45) is 0 Å².